The van der Waals surface area contributed by atoms with Crippen molar-refractivity contribution in [2.45, 2.75) is 11.8 Å². The molecule has 3 nitrogen and oxygen atoms in total. The highest BCUT2D eigenvalue weighted by atomic mass is 32.2. The lowest BCUT2D eigenvalue weighted by molar-refractivity contribution is -0.115. The molecule has 0 saturated carbocycles. The minimum absolute atomic E-state index is 0.166. The normalized spacial score (nSPS) is 18.8. The lowest BCUT2D eigenvalue weighted by Gasteiger charge is -2.23. The first-order valence-corrected chi connectivity index (χ1v) is 7.27. The Morgan fingerprint density at radius 3 is 2.79 bits per heavy atom. The van der Waals surface area contributed by atoms with Crippen LogP contribution >= 0.6 is 11.8 Å². The van der Waals surface area contributed by atoms with E-state index in [0.29, 0.717) is 5.75 Å². The molecular formula is C15H14N2OS. The van der Waals surface area contributed by atoms with Crippen LogP contribution in [0.2, 0.25) is 0 Å². The summed E-state index contributed by atoms with van der Waals surface area (Å²) < 4.78 is 0. The predicted molar refractivity (Wildman–Crippen MR) is 78.1 cm³/mol. The van der Waals surface area contributed by atoms with Crippen LogP contribution in [-0.2, 0) is 11.2 Å². The SMILES string of the molecule is O=C1CS[C@H](Cc2ccccc2)N1c1cccnc1. The molecule has 0 unspecified atom stereocenters. The second kappa shape index (κ2) is 5.45. The minimum atomic E-state index is 0.166. The summed E-state index contributed by atoms with van der Waals surface area (Å²) in [5, 5.41) is 0.166. The van der Waals surface area contributed by atoms with E-state index in [1.165, 1.54) is 5.56 Å². The maximum absolute atomic E-state index is 12.1. The van der Waals surface area contributed by atoms with Gasteiger partial charge in [0, 0.05) is 12.6 Å². The van der Waals surface area contributed by atoms with Crippen molar-refractivity contribution in [3.8, 4) is 0 Å². The lowest BCUT2D eigenvalue weighted by Crippen LogP contribution is -2.34. The van der Waals surface area contributed by atoms with Gasteiger partial charge >= 0.3 is 0 Å². The average molecular weight is 270 g/mol. The summed E-state index contributed by atoms with van der Waals surface area (Å²) >= 11 is 1.70. The largest absolute Gasteiger partial charge is 0.297 e. The number of benzene rings is 1. The van der Waals surface area contributed by atoms with Crippen molar-refractivity contribution in [2.75, 3.05) is 10.7 Å². The van der Waals surface area contributed by atoms with E-state index >= 15 is 0 Å². The zero-order chi connectivity index (χ0) is 13.1. The Kier molecular flexibility index (Phi) is 3.51. The van der Waals surface area contributed by atoms with E-state index in [4.69, 9.17) is 0 Å². The van der Waals surface area contributed by atoms with Gasteiger partial charge in [-0.05, 0) is 17.7 Å². The number of thioether (sulfide) groups is 1. The van der Waals surface area contributed by atoms with Gasteiger partial charge in [0.2, 0.25) is 5.91 Å². The number of pyridine rings is 1. The molecule has 1 aromatic heterocycles. The number of hydrogen-bond acceptors (Lipinski definition) is 3. The fourth-order valence-corrected chi connectivity index (χ4v) is 3.42. The van der Waals surface area contributed by atoms with Crippen LogP contribution in [0.5, 0.6) is 0 Å². The molecular weight excluding hydrogens is 256 g/mol. The summed E-state index contributed by atoms with van der Waals surface area (Å²) in [6, 6.07) is 14.1. The topological polar surface area (TPSA) is 33.2 Å². The van der Waals surface area contributed by atoms with Crippen molar-refractivity contribution in [2.24, 2.45) is 0 Å². The highest BCUT2D eigenvalue weighted by molar-refractivity contribution is 8.01. The number of amides is 1. The highest BCUT2D eigenvalue weighted by Gasteiger charge is 2.32. The fraction of sp³-hybridized carbons (Fsp3) is 0.200. The van der Waals surface area contributed by atoms with Crippen LogP contribution in [0, 0.1) is 0 Å². The number of carbonyl (C=O) groups is 1. The first-order chi connectivity index (χ1) is 9.34. The Hall–Kier alpha value is -1.81. The van der Waals surface area contributed by atoms with E-state index in [1.54, 1.807) is 24.2 Å². The maximum atomic E-state index is 12.1. The summed E-state index contributed by atoms with van der Waals surface area (Å²) in [5.74, 6) is 0.714. The molecule has 1 aliphatic rings. The van der Waals surface area contributed by atoms with Gasteiger partial charge < -0.3 is 0 Å². The highest BCUT2D eigenvalue weighted by Crippen LogP contribution is 2.32. The van der Waals surface area contributed by atoms with Crippen molar-refractivity contribution < 1.29 is 4.79 Å². The smallest absolute Gasteiger partial charge is 0.238 e. The predicted octanol–water partition coefficient (Wildman–Crippen LogP) is 2.73. The molecule has 1 aliphatic heterocycles. The molecule has 0 bridgehead atoms. The van der Waals surface area contributed by atoms with Gasteiger partial charge in [-0.2, -0.15) is 0 Å². The van der Waals surface area contributed by atoms with Crippen molar-refractivity contribution >= 4 is 23.4 Å². The molecule has 1 aromatic carbocycles. The summed E-state index contributed by atoms with van der Waals surface area (Å²) in [4.78, 5) is 18.0. The third-order valence-electron chi connectivity index (χ3n) is 3.13. The lowest BCUT2D eigenvalue weighted by atomic mass is 10.1. The van der Waals surface area contributed by atoms with Crippen LogP contribution in [0.3, 0.4) is 0 Å². The Balaban J connectivity index is 1.83. The van der Waals surface area contributed by atoms with Gasteiger partial charge in [0.25, 0.3) is 0 Å². The fourth-order valence-electron chi connectivity index (χ4n) is 2.24. The number of nitrogens with zero attached hydrogens (tertiary/aromatic N) is 2. The quantitative estimate of drug-likeness (QED) is 0.860. The number of anilines is 1. The standard InChI is InChI=1S/C15H14N2OS/c18-14-11-19-15(9-12-5-2-1-3-6-12)17(14)13-7-4-8-16-10-13/h1-8,10,15H,9,11H2/t15-/m1/s1. The summed E-state index contributed by atoms with van der Waals surface area (Å²) in [5.41, 5.74) is 2.14. The molecule has 3 rings (SSSR count). The molecule has 0 N–H and O–H groups in total. The summed E-state index contributed by atoms with van der Waals surface area (Å²) in [6.45, 7) is 0. The number of carbonyl (C=O) groups excluding carboxylic acids is 1. The molecule has 2 heterocycles. The van der Waals surface area contributed by atoms with E-state index in [-0.39, 0.29) is 11.3 Å². The van der Waals surface area contributed by atoms with Crippen molar-refractivity contribution in [1.82, 2.24) is 4.98 Å². The molecule has 1 atom stereocenters. The minimum Gasteiger partial charge on any atom is -0.297 e. The van der Waals surface area contributed by atoms with Gasteiger partial charge in [0.15, 0.2) is 0 Å². The summed E-state index contributed by atoms with van der Waals surface area (Å²) in [7, 11) is 0. The maximum Gasteiger partial charge on any atom is 0.238 e. The molecule has 1 amide bonds. The Bertz CT molecular complexity index is 559. The molecule has 0 aliphatic carbocycles. The van der Waals surface area contributed by atoms with E-state index in [2.05, 4.69) is 17.1 Å². The molecule has 0 spiro atoms. The monoisotopic (exact) mass is 270 g/mol. The first-order valence-electron chi connectivity index (χ1n) is 6.22. The molecule has 2 aromatic rings. The Morgan fingerprint density at radius 2 is 2.05 bits per heavy atom. The van der Waals surface area contributed by atoms with Crippen LogP contribution in [0.1, 0.15) is 5.56 Å². The molecule has 4 heteroatoms. The van der Waals surface area contributed by atoms with Crippen molar-refractivity contribution in [3.63, 3.8) is 0 Å². The van der Waals surface area contributed by atoms with Crippen LogP contribution in [0.25, 0.3) is 0 Å². The van der Waals surface area contributed by atoms with Gasteiger partial charge in [0.05, 0.1) is 23.0 Å². The zero-order valence-corrected chi connectivity index (χ0v) is 11.2. The molecule has 0 radical (unpaired) electrons. The van der Waals surface area contributed by atoms with Gasteiger partial charge in [-0.15, -0.1) is 11.8 Å². The second-order valence-electron chi connectivity index (χ2n) is 4.43. The van der Waals surface area contributed by atoms with Crippen LogP contribution < -0.4 is 4.90 Å². The van der Waals surface area contributed by atoms with E-state index in [9.17, 15) is 4.79 Å². The first kappa shape index (κ1) is 12.2. The summed E-state index contributed by atoms with van der Waals surface area (Å²) in [6.07, 6.45) is 4.34. The molecule has 1 fully saturated rings. The number of aromatic nitrogens is 1. The van der Waals surface area contributed by atoms with Gasteiger partial charge in [-0.1, -0.05) is 30.3 Å². The zero-order valence-electron chi connectivity index (χ0n) is 10.4. The Labute approximate surface area is 116 Å². The molecule has 96 valence electrons. The third-order valence-corrected chi connectivity index (χ3v) is 4.31. The number of rotatable bonds is 3. The van der Waals surface area contributed by atoms with Crippen molar-refractivity contribution in [1.29, 1.82) is 0 Å². The van der Waals surface area contributed by atoms with Crippen LogP contribution in [0.15, 0.2) is 54.9 Å². The van der Waals surface area contributed by atoms with Gasteiger partial charge in [0.1, 0.15) is 0 Å². The number of hydrogen-bond donors (Lipinski definition) is 0. The van der Waals surface area contributed by atoms with Gasteiger partial charge in [-0.25, -0.2) is 0 Å². The van der Waals surface area contributed by atoms with Gasteiger partial charge in [-0.3, -0.25) is 14.7 Å². The molecule has 19 heavy (non-hydrogen) atoms. The third kappa shape index (κ3) is 2.63. The van der Waals surface area contributed by atoms with Crippen LogP contribution in [-0.4, -0.2) is 22.0 Å². The van der Waals surface area contributed by atoms with Crippen molar-refractivity contribution in [3.05, 3.63) is 60.4 Å². The average Bonchev–Trinajstić information content (AvgIpc) is 2.82. The van der Waals surface area contributed by atoms with E-state index in [0.717, 1.165) is 12.1 Å². The Morgan fingerprint density at radius 1 is 1.21 bits per heavy atom. The molecule has 1 saturated heterocycles. The van der Waals surface area contributed by atoms with E-state index < -0.39 is 0 Å². The second-order valence-corrected chi connectivity index (χ2v) is 5.60. The van der Waals surface area contributed by atoms with E-state index in [1.807, 2.05) is 35.2 Å². The van der Waals surface area contributed by atoms with Crippen LogP contribution in [0.4, 0.5) is 5.69 Å².